The number of halogens is 1. The van der Waals surface area contributed by atoms with E-state index in [4.69, 9.17) is 0 Å². The monoisotopic (exact) mass is 398 g/mol. The number of benzene rings is 2. The first-order valence-corrected chi connectivity index (χ1v) is 7.53. The van der Waals surface area contributed by atoms with E-state index in [1.165, 1.54) is 6.07 Å². The molecule has 0 saturated carbocycles. The number of hydrogen-bond donors (Lipinski definition) is 2. The highest BCUT2D eigenvalue weighted by Gasteiger charge is 2.17. The van der Waals surface area contributed by atoms with Crippen LogP contribution in [0.2, 0.25) is 0 Å². The summed E-state index contributed by atoms with van der Waals surface area (Å²) >= 11 is 2.04. The molecule has 0 radical (unpaired) electrons. The number of aliphatic hydroxyl groups excluding tert-OH is 1. The van der Waals surface area contributed by atoms with Crippen molar-refractivity contribution in [3.05, 3.63) is 67.8 Å². The van der Waals surface area contributed by atoms with Crippen molar-refractivity contribution in [1.29, 1.82) is 0 Å². The summed E-state index contributed by atoms with van der Waals surface area (Å²) in [4.78, 5) is 10.7. The van der Waals surface area contributed by atoms with Crippen molar-refractivity contribution < 1.29 is 10.0 Å². The zero-order chi connectivity index (χ0) is 15.2. The first-order valence-electron chi connectivity index (χ1n) is 6.45. The number of nitro groups is 1. The van der Waals surface area contributed by atoms with Crippen LogP contribution in [0.25, 0.3) is 0 Å². The summed E-state index contributed by atoms with van der Waals surface area (Å²) < 4.78 is 0.799. The minimum absolute atomic E-state index is 0.0217. The quantitative estimate of drug-likeness (QED) is 0.445. The largest absolute Gasteiger partial charge is 0.394 e. The molecule has 0 amide bonds. The Morgan fingerprint density at radius 3 is 2.57 bits per heavy atom. The summed E-state index contributed by atoms with van der Waals surface area (Å²) in [5.41, 5.74) is 1.51. The van der Waals surface area contributed by atoms with Crippen molar-refractivity contribution in [2.24, 2.45) is 0 Å². The molecule has 0 aliphatic rings. The minimum Gasteiger partial charge on any atom is -0.394 e. The van der Waals surface area contributed by atoms with Crippen molar-refractivity contribution in [2.45, 2.75) is 12.5 Å². The Bertz CT molecular complexity index is 620. The van der Waals surface area contributed by atoms with Gasteiger partial charge in [0.05, 0.1) is 17.6 Å². The lowest BCUT2D eigenvalue weighted by molar-refractivity contribution is -0.384. The van der Waals surface area contributed by atoms with Crippen molar-refractivity contribution in [3.63, 3.8) is 0 Å². The van der Waals surface area contributed by atoms with Gasteiger partial charge in [0, 0.05) is 9.64 Å². The van der Waals surface area contributed by atoms with Crippen LogP contribution in [0.4, 0.5) is 11.4 Å². The van der Waals surface area contributed by atoms with Gasteiger partial charge in [-0.15, -0.1) is 0 Å². The molecule has 0 aliphatic carbocycles. The van der Waals surface area contributed by atoms with E-state index in [0.29, 0.717) is 12.1 Å². The Morgan fingerprint density at radius 1 is 1.24 bits per heavy atom. The van der Waals surface area contributed by atoms with Gasteiger partial charge in [0.1, 0.15) is 5.69 Å². The van der Waals surface area contributed by atoms with Crippen LogP contribution in [0, 0.1) is 13.7 Å². The maximum atomic E-state index is 11.1. The normalized spacial score (nSPS) is 11.9. The highest BCUT2D eigenvalue weighted by atomic mass is 127. The van der Waals surface area contributed by atoms with Gasteiger partial charge in [0.2, 0.25) is 0 Å². The number of hydrogen-bond acceptors (Lipinski definition) is 4. The molecule has 0 spiro atoms. The van der Waals surface area contributed by atoms with Crippen LogP contribution in [-0.2, 0) is 6.42 Å². The second-order valence-electron chi connectivity index (χ2n) is 4.63. The van der Waals surface area contributed by atoms with Gasteiger partial charge in [-0.25, -0.2) is 0 Å². The van der Waals surface area contributed by atoms with Gasteiger partial charge in [-0.2, -0.15) is 0 Å². The Balaban J connectivity index is 2.17. The van der Waals surface area contributed by atoms with Gasteiger partial charge in [0.25, 0.3) is 5.69 Å². The zero-order valence-electron chi connectivity index (χ0n) is 11.2. The Labute approximate surface area is 136 Å². The summed E-state index contributed by atoms with van der Waals surface area (Å²) in [6.45, 7) is -0.0992. The molecule has 2 aromatic carbocycles. The smallest absolute Gasteiger partial charge is 0.293 e. The number of nitrogens with zero attached hydrogens (tertiary/aromatic N) is 1. The van der Waals surface area contributed by atoms with E-state index < -0.39 is 4.92 Å². The summed E-state index contributed by atoms with van der Waals surface area (Å²) in [6.07, 6.45) is 0.598. The van der Waals surface area contributed by atoms with E-state index in [-0.39, 0.29) is 18.3 Å². The Kier molecular flexibility index (Phi) is 5.51. The van der Waals surface area contributed by atoms with E-state index in [2.05, 4.69) is 5.32 Å². The van der Waals surface area contributed by atoms with Crippen LogP contribution in [0.1, 0.15) is 5.56 Å². The fraction of sp³-hybridized carbons (Fsp3) is 0.200. The van der Waals surface area contributed by atoms with Gasteiger partial charge >= 0.3 is 0 Å². The number of rotatable bonds is 6. The highest BCUT2D eigenvalue weighted by Crippen LogP contribution is 2.27. The van der Waals surface area contributed by atoms with Crippen LogP contribution >= 0.6 is 22.6 Å². The second-order valence-corrected chi connectivity index (χ2v) is 5.88. The van der Waals surface area contributed by atoms with Crippen molar-refractivity contribution in [1.82, 2.24) is 0 Å². The molecule has 2 rings (SSSR count). The van der Waals surface area contributed by atoms with Crippen molar-refractivity contribution in [2.75, 3.05) is 11.9 Å². The van der Waals surface area contributed by atoms with Crippen LogP contribution in [0.15, 0.2) is 48.5 Å². The third-order valence-corrected chi connectivity index (χ3v) is 3.73. The van der Waals surface area contributed by atoms with Crippen molar-refractivity contribution in [3.8, 4) is 0 Å². The molecule has 0 saturated heterocycles. The summed E-state index contributed by atoms with van der Waals surface area (Å²) in [5, 5.41) is 23.7. The molecular weight excluding hydrogens is 383 g/mol. The Morgan fingerprint density at radius 2 is 1.95 bits per heavy atom. The van der Waals surface area contributed by atoms with E-state index in [9.17, 15) is 15.2 Å². The van der Waals surface area contributed by atoms with Crippen LogP contribution in [0.5, 0.6) is 0 Å². The van der Waals surface area contributed by atoms with Gasteiger partial charge < -0.3 is 10.4 Å². The van der Waals surface area contributed by atoms with Crippen LogP contribution in [0.3, 0.4) is 0 Å². The lowest BCUT2D eigenvalue weighted by atomic mass is 10.1. The van der Waals surface area contributed by atoms with Gasteiger partial charge in [-0.1, -0.05) is 30.3 Å². The lowest BCUT2D eigenvalue weighted by Crippen LogP contribution is -2.26. The first-order chi connectivity index (χ1) is 10.1. The molecule has 0 aromatic heterocycles. The molecule has 0 heterocycles. The van der Waals surface area contributed by atoms with Gasteiger partial charge in [-0.05, 0) is 46.7 Å². The molecular formula is C15H15IN2O3. The molecule has 110 valence electrons. The molecule has 2 aromatic rings. The lowest BCUT2D eigenvalue weighted by Gasteiger charge is -2.17. The average Bonchev–Trinajstić information content (AvgIpc) is 2.49. The standard InChI is InChI=1S/C15H15IN2O3/c16-12-6-7-14(15(9-12)18(20)21)17-13(10-19)8-11-4-2-1-3-5-11/h1-7,9,13,17,19H,8,10H2. The van der Waals surface area contributed by atoms with Crippen molar-refractivity contribution >= 4 is 34.0 Å². The molecule has 0 bridgehead atoms. The Hall–Kier alpha value is -1.67. The fourth-order valence-corrected chi connectivity index (χ4v) is 2.53. The van der Waals surface area contributed by atoms with E-state index in [1.54, 1.807) is 12.1 Å². The highest BCUT2D eigenvalue weighted by molar-refractivity contribution is 14.1. The second kappa shape index (κ2) is 7.37. The molecule has 0 aliphatic heterocycles. The molecule has 2 N–H and O–H groups in total. The summed E-state index contributed by atoms with van der Waals surface area (Å²) in [6, 6.07) is 14.4. The molecule has 0 fully saturated rings. The number of nitro benzene ring substituents is 1. The van der Waals surface area contributed by atoms with E-state index in [1.807, 2.05) is 52.9 Å². The molecule has 5 nitrogen and oxygen atoms in total. The topological polar surface area (TPSA) is 75.4 Å². The third kappa shape index (κ3) is 4.40. The van der Waals surface area contributed by atoms with E-state index >= 15 is 0 Å². The minimum atomic E-state index is -0.415. The molecule has 21 heavy (non-hydrogen) atoms. The first kappa shape index (κ1) is 15.7. The van der Waals surface area contributed by atoms with E-state index in [0.717, 1.165) is 9.13 Å². The van der Waals surface area contributed by atoms with Gasteiger partial charge in [0.15, 0.2) is 0 Å². The third-order valence-electron chi connectivity index (χ3n) is 3.06. The van der Waals surface area contributed by atoms with Crippen LogP contribution in [-0.4, -0.2) is 22.7 Å². The summed E-state index contributed by atoms with van der Waals surface area (Å²) in [5.74, 6) is 0. The SMILES string of the molecule is O=[N+]([O-])c1cc(I)ccc1NC(CO)Cc1ccccc1. The molecule has 1 atom stereocenters. The number of anilines is 1. The zero-order valence-corrected chi connectivity index (χ0v) is 13.4. The molecule has 1 unspecified atom stereocenters. The maximum absolute atomic E-state index is 11.1. The van der Waals surface area contributed by atoms with Gasteiger partial charge in [-0.3, -0.25) is 10.1 Å². The van der Waals surface area contributed by atoms with Crippen LogP contribution < -0.4 is 5.32 Å². The molecule has 6 heteroatoms. The predicted molar refractivity (Wildman–Crippen MR) is 90.5 cm³/mol. The predicted octanol–water partition coefficient (Wildman–Crippen LogP) is 3.21. The summed E-state index contributed by atoms with van der Waals surface area (Å²) in [7, 11) is 0. The average molecular weight is 398 g/mol. The number of aliphatic hydroxyl groups is 1. The number of nitrogens with one attached hydrogen (secondary N) is 1. The maximum Gasteiger partial charge on any atom is 0.293 e. The fourth-order valence-electron chi connectivity index (χ4n) is 2.06.